The third kappa shape index (κ3) is 5.07. The number of hydrogen-bond donors (Lipinski definition) is 4. The number of amides is 3. The summed E-state index contributed by atoms with van der Waals surface area (Å²) in [4.78, 5) is 75.2. The van der Waals surface area contributed by atoms with Crippen molar-refractivity contribution in [2.45, 2.75) is 37.5 Å². The van der Waals surface area contributed by atoms with Gasteiger partial charge < -0.3 is 24.7 Å². The fourth-order valence-electron chi connectivity index (χ4n) is 3.65. The Kier molecular flexibility index (Phi) is 8.69. The van der Waals surface area contributed by atoms with Gasteiger partial charge in [-0.2, -0.15) is 12.7 Å². The summed E-state index contributed by atoms with van der Waals surface area (Å²) in [6.45, 7) is 2.19. The molecule has 15 nitrogen and oxygen atoms in total. The summed E-state index contributed by atoms with van der Waals surface area (Å²) in [6.07, 6.45) is -0.537. The molecular weight excluding hydrogens is 555 g/mol. The van der Waals surface area contributed by atoms with Crippen LogP contribution in [0.15, 0.2) is 5.38 Å². The monoisotopic (exact) mass is 576 g/mol. The average molecular weight is 577 g/mol. The maximum absolute atomic E-state index is 13.7. The van der Waals surface area contributed by atoms with E-state index >= 15 is 0 Å². The minimum Gasteiger partial charge on any atom is -0.467 e. The zero-order chi connectivity index (χ0) is 26.9. The number of nitrogens with one attached hydrogen (secondary N) is 1. The number of carbonyl (C=O) groups is 4. The Morgan fingerprint density at radius 3 is 2.40 bits per heavy atom. The first-order valence-corrected chi connectivity index (χ1v) is 14.1. The van der Waals surface area contributed by atoms with Gasteiger partial charge in [0.25, 0.3) is 5.91 Å². The third-order valence-corrected chi connectivity index (χ3v) is 8.94. The van der Waals surface area contributed by atoms with Crippen LogP contribution in [0.1, 0.15) is 26.0 Å². The molecule has 0 radical (unpaired) electrons. The Labute approximate surface area is 208 Å². The van der Waals surface area contributed by atoms with Crippen LogP contribution in [0.4, 0.5) is 5.13 Å². The van der Waals surface area contributed by atoms with Crippen LogP contribution in [0.2, 0.25) is 0 Å². The molecule has 0 aliphatic carbocycles. The number of anilines is 1. The number of hydrogen-bond acceptors (Lipinski definition) is 10. The molecule has 0 aromatic carbocycles. The second-order valence-electron chi connectivity index (χ2n) is 7.09. The van der Waals surface area contributed by atoms with Crippen molar-refractivity contribution in [3.8, 4) is 0 Å². The number of β-lactam (4-membered cyclic amide) rings is 1. The molecule has 0 spiro atoms. The van der Waals surface area contributed by atoms with Gasteiger partial charge in [-0.25, -0.2) is 9.78 Å². The lowest BCUT2D eigenvalue weighted by atomic mass is 9.93. The smallest absolute Gasteiger partial charge is 0.363 e. The predicted molar refractivity (Wildman–Crippen MR) is 121 cm³/mol. The van der Waals surface area contributed by atoms with E-state index in [-0.39, 0.29) is 9.44 Å². The van der Waals surface area contributed by atoms with E-state index in [1.54, 1.807) is 0 Å². The van der Waals surface area contributed by atoms with Gasteiger partial charge in [0, 0.05) is 11.9 Å². The number of nitrogens with zero attached hydrogens (tertiary/aromatic N) is 3. The van der Waals surface area contributed by atoms with Crippen LogP contribution < -0.4 is 5.32 Å². The summed E-state index contributed by atoms with van der Waals surface area (Å²) >= 11 is 6.17. The number of methoxy groups -OCH3 is 1. The van der Waals surface area contributed by atoms with Crippen molar-refractivity contribution in [1.29, 1.82) is 0 Å². The fraction of sp³-hybridized carbons (Fsp3) is 0.562. The Bertz CT molecular complexity index is 1190. The molecule has 1 saturated heterocycles. The number of rotatable bonds is 10. The van der Waals surface area contributed by atoms with Crippen molar-refractivity contribution < 1.29 is 51.2 Å². The van der Waals surface area contributed by atoms with Crippen molar-refractivity contribution in [2.24, 2.45) is 0 Å². The highest BCUT2D eigenvalue weighted by atomic mass is 35.5. The first-order valence-electron chi connectivity index (χ1n) is 9.69. The first kappa shape index (κ1) is 29.1. The van der Waals surface area contributed by atoms with E-state index in [0.717, 1.165) is 23.8 Å². The van der Waals surface area contributed by atoms with Crippen LogP contribution in [-0.2, 0) is 43.9 Å². The molecular formula is C16H22ClN4O11PS2. The highest BCUT2D eigenvalue weighted by Gasteiger charge is 2.65. The quantitative estimate of drug-likeness (QED) is 0.0910. The molecule has 2 rings (SSSR count). The van der Waals surface area contributed by atoms with Crippen LogP contribution in [0, 0.1) is 0 Å². The molecule has 1 fully saturated rings. The average Bonchev–Trinajstić information content (AvgIpc) is 3.21. The van der Waals surface area contributed by atoms with E-state index < -0.39 is 83.4 Å². The molecule has 1 aliphatic heterocycles. The van der Waals surface area contributed by atoms with Gasteiger partial charge in [-0.3, -0.25) is 23.5 Å². The summed E-state index contributed by atoms with van der Waals surface area (Å²) in [5.74, 6) is -5.12. The molecule has 0 saturated carbocycles. The highest BCUT2D eigenvalue weighted by molar-refractivity contribution is 7.84. The Morgan fingerprint density at radius 1 is 1.37 bits per heavy atom. The second kappa shape index (κ2) is 10.5. The van der Waals surface area contributed by atoms with Crippen LogP contribution in [0.25, 0.3) is 0 Å². The molecule has 19 heteroatoms. The fourth-order valence-corrected chi connectivity index (χ4v) is 6.64. The normalized spacial score (nSPS) is 20.0. The van der Waals surface area contributed by atoms with Crippen LogP contribution in [0.5, 0.6) is 0 Å². The van der Waals surface area contributed by atoms with E-state index in [9.17, 15) is 46.5 Å². The standard InChI is InChI=1S/C16H22ClN4O11PS2/c1-4-16(33(26,27)28,8-7-34-15(18-8)19-9(22)6-17)14(25)20(5-2)10-11(13(24)32-3)21(12(10)23)35(29,30)31/h7,10-11H,4-6H2,1-3H3,(H,18,19,22)(H2,26,27,28)(H,29,30,31). The highest BCUT2D eigenvalue weighted by Crippen LogP contribution is 2.60. The van der Waals surface area contributed by atoms with E-state index in [4.69, 9.17) is 11.6 Å². The van der Waals surface area contributed by atoms with Gasteiger partial charge in [0.05, 0.1) is 12.8 Å². The van der Waals surface area contributed by atoms with E-state index in [1.165, 1.54) is 13.8 Å². The number of ether oxygens (including phenoxy) is 1. The Balaban J connectivity index is 2.63. The van der Waals surface area contributed by atoms with Crippen LogP contribution in [-0.4, -0.2) is 92.3 Å². The Hall–Kier alpha value is -2.14. The summed E-state index contributed by atoms with van der Waals surface area (Å²) in [7, 11) is -9.77. The van der Waals surface area contributed by atoms with E-state index in [2.05, 4.69) is 15.0 Å². The lowest BCUT2D eigenvalue weighted by Gasteiger charge is -2.48. The number of alkyl halides is 1. The number of halogens is 1. The largest absolute Gasteiger partial charge is 0.467 e. The maximum atomic E-state index is 13.7. The van der Waals surface area contributed by atoms with Crippen molar-refractivity contribution in [1.82, 2.24) is 14.2 Å². The van der Waals surface area contributed by atoms with Gasteiger partial charge >= 0.3 is 23.9 Å². The number of likely N-dealkylation sites (N-methyl/N-ethyl adjacent to an activating group) is 1. The zero-order valence-electron chi connectivity index (χ0n) is 18.4. The predicted octanol–water partition coefficient (Wildman–Crippen LogP) is -0.493. The van der Waals surface area contributed by atoms with Crippen LogP contribution in [0.3, 0.4) is 0 Å². The minimum atomic E-state index is -5.42. The number of aromatic nitrogens is 1. The molecule has 4 N–H and O–H groups in total. The SMILES string of the molecule is CCN(C(=O)C(CC)(c1csc(NC(=O)CCl)n1)P(=O)(O)O)C1C(=O)N(S(=O)(=O)O)C1C(=O)OC. The van der Waals surface area contributed by atoms with Crippen molar-refractivity contribution >= 4 is 69.7 Å². The molecule has 1 aliphatic rings. The Morgan fingerprint density at radius 2 is 1.97 bits per heavy atom. The first-order chi connectivity index (χ1) is 16.1. The molecule has 3 unspecified atom stereocenters. The number of esters is 1. The van der Waals surface area contributed by atoms with Gasteiger partial charge in [0.1, 0.15) is 11.9 Å². The van der Waals surface area contributed by atoms with Gasteiger partial charge in [0.2, 0.25) is 11.8 Å². The van der Waals surface area contributed by atoms with E-state index in [0.29, 0.717) is 4.90 Å². The molecule has 3 amide bonds. The summed E-state index contributed by atoms with van der Waals surface area (Å²) in [5.41, 5.74) is -0.431. The minimum absolute atomic E-state index is 0.113. The van der Waals surface area contributed by atoms with Crippen LogP contribution >= 0.6 is 30.5 Å². The topological polar surface area (TPSA) is 221 Å². The lowest BCUT2D eigenvalue weighted by molar-refractivity contribution is -0.171. The van der Waals surface area contributed by atoms with Gasteiger partial charge in [0.15, 0.2) is 16.3 Å². The van der Waals surface area contributed by atoms with Gasteiger partial charge in [-0.05, 0) is 13.3 Å². The third-order valence-electron chi connectivity index (χ3n) is 5.31. The zero-order valence-corrected chi connectivity index (χ0v) is 21.7. The van der Waals surface area contributed by atoms with Crippen molar-refractivity contribution in [3.05, 3.63) is 11.1 Å². The van der Waals surface area contributed by atoms with Crippen molar-refractivity contribution in [2.75, 3.05) is 24.9 Å². The molecule has 1 aromatic heterocycles. The summed E-state index contributed by atoms with van der Waals surface area (Å²) in [5, 5.41) is 0.639. The van der Waals surface area contributed by atoms with E-state index in [1.807, 2.05) is 0 Å². The van der Waals surface area contributed by atoms with Gasteiger partial charge in [-0.15, -0.1) is 22.9 Å². The molecule has 3 atom stereocenters. The molecule has 2 heterocycles. The lowest BCUT2D eigenvalue weighted by Crippen LogP contribution is -2.76. The van der Waals surface area contributed by atoms with Gasteiger partial charge in [-0.1, -0.05) is 6.92 Å². The summed E-state index contributed by atoms with van der Waals surface area (Å²) < 4.78 is 49.6. The molecule has 0 bridgehead atoms. The molecule has 35 heavy (non-hydrogen) atoms. The number of carbonyl (C=O) groups excluding carboxylic acids is 4. The van der Waals surface area contributed by atoms with Crippen molar-refractivity contribution in [3.63, 3.8) is 0 Å². The molecule has 196 valence electrons. The summed E-state index contributed by atoms with van der Waals surface area (Å²) in [6, 6.07) is -3.85. The second-order valence-corrected chi connectivity index (χ2v) is 11.4. The number of thiazole rings is 1. The maximum Gasteiger partial charge on any atom is 0.363 e. The molecule has 1 aromatic rings.